The van der Waals surface area contributed by atoms with Gasteiger partial charge in [-0.3, -0.25) is 9.59 Å². The van der Waals surface area contributed by atoms with Crippen LogP contribution in [0.2, 0.25) is 0 Å². The molecule has 2 saturated heterocycles. The molecule has 0 aliphatic carbocycles. The second-order valence-corrected chi connectivity index (χ2v) is 9.60. The second-order valence-electron chi connectivity index (χ2n) is 9.60. The molecule has 2 aliphatic rings. The zero-order valence-electron chi connectivity index (χ0n) is 20.1. The SMILES string of the molecule is CCc1ccc(C(=O)N2CCC([C@@H]3CN(c4ccc(C#N)c(C(F)(F)F)c4)C[C@H]3C(N)=O)CC2)cc1. The van der Waals surface area contributed by atoms with Crippen molar-refractivity contribution < 1.29 is 22.8 Å². The van der Waals surface area contributed by atoms with E-state index in [1.54, 1.807) is 11.0 Å². The van der Waals surface area contributed by atoms with Gasteiger partial charge in [-0.1, -0.05) is 19.1 Å². The van der Waals surface area contributed by atoms with Gasteiger partial charge in [0.25, 0.3) is 5.91 Å². The van der Waals surface area contributed by atoms with Crippen molar-refractivity contribution in [3.63, 3.8) is 0 Å². The molecule has 2 atom stereocenters. The first kappa shape index (κ1) is 25.5. The minimum Gasteiger partial charge on any atom is -0.370 e. The maximum atomic E-state index is 13.5. The Labute approximate surface area is 208 Å². The van der Waals surface area contributed by atoms with E-state index in [4.69, 9.17) is 11.0 Å². The molecular formula is C27H29F3N4O2. The second kappa shape index (κ2) is 10.2. The number of piperidine rings is 1. The Morgan fingerprint density at radius 3 is 2.31 bits per heavy atom. The summed E-state index contributed by atoms with van der Waals surface area (Å²) in [4.78, 5) is 28.8. The highest BCUT2D eigenvalue weighted by Crippen LogP contribution is 2.40. The lowest BCUT2D eigenvalue weighted by Crippen LogP contribution is -2.42. The predicted molar refractivity (Wildman–Crippen MR) is 129 cm³/mol. The quantitative estimate of drug-likeness (QED) is 0.668. The fourth-order valence-electron chi connectivity index (χ4n) is 5.48. The summed E-state index contributed by atoms with van der Waals surface area (Å²) in [6, 6.07) is 12.8. The van der Waals surface area contributed by atoms with Gasteiger partial charge in [0, 0.05) is 37.4 Å². The number of hydrogen-bond acceptors (Lipinski definition) is 4. The van der Waals surface area contributed by atoms with Crippen LogP contribution in [0, 0.1) is 29.1 Å². The summed E-state index contributed by atoms with van der Waals surface area (Å²) in [6.07, 6.45) is -2.36. The Hall–Kier alpha value is -3.54. The first-order valence-electron chi connectivity index (χ1n) is 12.2. The third-order valence-electron chi connectivity index (χ3n) is 7.57. The van der Waals surface area contributed by atoms with E-state index in [-0.39, 0.29) is 24.3 Å². The molecule has 36 heavy (non-hydrogen) atoms. The molecular weight excluding hydrogens is 469 g/mol. The lowest BCUT2D eigenvalue weighted by molar-refractivity contribution is -0.137. The van der Waals surface area contributed by atoms with Crippen LogP contribution in [0.5, 0.6) is 0 Å². The molecule has 0 unspecified atom stereocenters. The smallest absolute Gasteiger partial charge is 0.370 e. The Kier molecular flexibility index (Phi) is 7.25. The van der Waals surface area contributed by atoms with Crippen LogP contribution in [0.4, 0.5) is 18.9 Å². The topological polar surface area (TPSA) is 90.4 Å². The molecule has 0 bridgehead atoms. The molecule has 2 N–H and O–H groups in total. The summed E-state index contributed by atoms with van der Waals surface area (Å²) in [5, 5.41) is 9.07. The number of alkyl halides is 3. The number of primary amides is 1. The maximum absolute atomic E-state index is 13.5. The van der Waals surface area contributed by atoms with Crippen molar-refractivity contribution in [2.75, 3.05) is 31.1 Å². The fourth-order valence-corrected chi connectivity index (χ4v) is 5.48. The number of nitrogens with two attached hydrogens (primary N) is 1. The summed E-state index contributed by atoms with van der Waals surface area (Å²) >= 11 is 0. The average molecular weight is 499 g/mol. The highest BCUT2D eigenvalue weighted by molar-refractivity contribution is 5.94. The Morgan fingerprint density at radius 2 is 1.75 bits per heavy atom. The number of carbonyl (C=O) groups excluding carboxylic acids is 2. The zero-order valence-corrected chi connectivity index (χ0v) is 20.1. The van der Waals surface area contributed by atoms with Crippen LogP contribution in [0.3, 0.4) is 0 Å². The van der Waals surface area contributed by atoms with E-state index in [0.717, 1.165) is 18.1 Å². The van der Waals surface area contributed by atoms with E-state index in [2.05, 4.69) is 6.92 Å². The molecule has 2 aliphatic heterocycles. The van der Waals surface area contributed by atoms with Gasteiger partial charge in [-0.15, -0.1) is 0 Å². The Bertz CT molecular complexity index is 1170. The van der Waals surface area contributed by atoms with E-state index < -0.39 is 29.1 Å². The number of anilines is 1. The van der Waals surface area contributed by atoms with Gasteiger partial charge in [-0.05, 0) is 67.0 Å². The van der Waals surface area contributed by atoms with E-state index in [9.17, 15) is 22.8 Å². The number of benzene rings is 2. The van der Waals surface area contributed by atoms with Crippen LogP contribution in [0.25, 0.3) is 0 Å². The lowest BCUT2D eigenvalue weighted by Gasteiger charge is -2.36. The molecule has 9 heteroatoms. The monoisotopic (exact) mass is 498 g/mol. The van der Waals surface area contributed by atoms with Crippen LogP contribution in [-0.2, 0) is 17.4 Å². The number of nitriles is 1. The maximum Gasteiger partial charge on any atom is 0.417 e. The molecule has 0 spiro atoms. The largest absolute Gasteiger partial charge is 0.417 e. The third-order valence-corrected chi connectivity index (χ3v) is 7.57. The summed E-state index contributed by atoms with van der Waals surface area (Å²) in [5.74, 6) is -0.980. The number of carbonyl (C=O) groups is 2. The summed E-state index contributed by atoms with van der Waals surface area (Å²) in [6.45, 7) is 3.79. The first-order chi connectivity index (χ1) is 17.1. The van der Waals surface area contributed by atoms with Crippen LogP contribution in [-0.4, -0.2) is 42.9 Å². The first-order valence-corrected chi connectivity index (χ1v) is 12.2. The molecule has 6 nitrogen and oxygen atoms in total. The van der Waals surface area contributed by atoms with Crippen LogP contribution in [0.15, 0.2) is 42.5 Å². The van der Waals surface area contributed by atoms with Crippen LogP contribution < -0.4 is 10.6 Å². The van der Waals surface area contributed by atoms with Crippen molar-refractivity contribution in [2.24, 2.45) is 23.5 Å². The van der Waals surface area contributed by atoms with Crippen LogP contribution >= 0.6 is 0 Å². The molecule has 0 saturated carbocycles. The summed E-state index contributed by atoms with van der Waals surface area (Å²) < 4.78 is 40.4. The molecule has 4 rings (SSSR count). The summed E-state index contributed by atoms with van der Waals surface area (Å²) in [7, 11) is 0. The molecule has 2 amide bonds. The average Bonchev–Trinajstić information content (AvgIpc) is 3.33. The van der Waals surface area contributed by atoms with Crippen LogP contribution in [0.1, 0.15) is 46.8 Å². The highest BCUT2D eigenvalue weighted by atomic mass is 19.4. The van der Waals surface area contributed by atoms with E-state index in [1.165, 1.54) is 12.1 Å². The number of likely N-dealkylation sites (tertiary alicyclic amines) is 1. The minimum absolute atomic E-state index is 0.0205. The number of halogens is 3. The zero-order chi connectivity index (χ0) is 26.0. The van der Waals surface area contributed by atoms with Gasteiger partial charge < -0.3 is 15.5 Å². The number of hydrogen-bond donors (Lipinski definition) is 1. The molecule has 2 aromatic carbocycles. The molecule has 2 aromatic rings. The van der Waals surface area contributed by atoms with Gasteiger partial charge in [-0.25, -0.2) is 0 Å². The Balaban J connectivity index is 1.46. The molecule has 2 fully saturated rings. The van der Waals surface area contributed by atoms with Gasteiger partial charge in [0.15, 0.2) is 0 Å². The lowest BCUT2D eigenvalue weighted by atomic mass is 9.78. The van der Waals surface area contributed by atoms with Gasteiger partial charge in [0.2, 0.25) is 5.91 Å². The number of aryl methyl sites for hydroxylation is 1. The van der Waals surface area contributed by atoms with Gasteiger partial charge in [0.1, 0.15) is 0 Å². The molecule has 190 valence electrons. The van der Waals surface area contributed by atoms with Gasteiger partial charge in [-0.2, -0.15) is 18.4 Å². The summed E-state index contributed by atoms with van der Waals surface area (Å²) in [5.41, 5.74) is 6.41. The number of amides is 2. The minimum atomic E-state index is -4.65. The Morgan fingerprint density at radius 1 is 1.08 bits per heavy atom. The standard InChI is InChI=1S/C27H29F3N4O2/c1-2-17-3-5-19(6-4-17)26(36)33-11-9-18(10-12-33)22-15-34(16-23(22)25(32)35)21-8-7-20(14-31)24(13-21)27(28,29)30/h3-8,13,18,22-23H,2,9-12,15-16H2,1H3,(H2,32,35)/t22-,23+/m0/s1. The van der Waals surface area contributed by atoms with Gasteiger partial charge >= 0.3 is 6.18 Å². The van der Waals surface area contributed by atoms with E-state index in [0.29, 0.717) is 43.7 Å². The van der Waals surface area contributed by atoms with Crippen molar-refractivity contribution in [2.45, 2.75) is 32.4 Å². The van der Waals surface area contributed by atoms with E-state index >= 15 is 0 Å². The molecule has 2 heterocycles. The van der Waals surface area contributed by atoms with Crippen molar-refractivity contribution in [1.29, 1.82) is 5.26 Å². The van der Waals surface area contributed by atoms with Crippen molar-refractivity contribution >= 4 is 17.5 Å². The third kappa shape index (κ3) is 5.18. The molecule has 0 radical (unpaired) electrons. The van der Waals surface area contributed by atoms with Crippen molar-refractivity contribution in [3.05, 3.63) is 64.7 Å². The van der Waals surface area contributed by atoms with Crippen molar-refractivity contribution in [1.82, 2.24) is 4.90 Å². The highest BCUT2D eigenvalue weighted by Gasteiger charge is 2.43. The number of nitrogens with zero attached hydrogens (tertiary/aromatic N) is 3. The molecule has 0 aromatic heterocycles. The van der Waals surface area contributed by atoms with Crippen molar-refractivity contribution in [3.8, 4) is 6.07 Å². The number of rotatable bonds is 5. The van der Waals surface area contributed by atoms with Gasteiger partial charge in [0.05, 0.1) is 23.1 Å². The predicted octanol–water partition coefficient (Wildman–Crippen LogP) is 4.23. The van der Waals surface area contributed by atoms with E-state index in [1.807, 2.05) is 29.2 Å². The normalized spacial score (nSPS) is 20.9. The fraction of sp³-hybridized carbons (Fsp3) is 0.444.